The Morgan fingerprint density at radius 1 is 0.677 bits per heavy atom. The van der Waals surface area contributed by atoms with Crippen LogP contribution in [-0.2, 0) is 9.59 Å². The van der Waals surface area contributed by atoms with Crippen molar-refractivity contribution < 1.29 is 19.4 Å². The Kier molecular flexibility index (Phi) is 5.29. The predicted octanol–water partition coefficient (Wildman–Crippen LogP) is 4.54. The molecule has 31 heavy (non-hydrogen) atoms. The summed E-state index contributed by atoms with van der Waals surface area (Å²) >= 11 is 0. The molecule has 8 heteroatoms. The van der Waals surface area contributed by atoms with E-state index in [9.17, 15) is 29.8 Å². The van der Waals surface area contributed by atoms with Gasteiger partial charge in [-0.2, -0.15) is 0 Å². The highest BCUT2D eigenvalue weighted by atomic mass is 16.6. The van der Waals surface area contributed by atoms with E-state index in [1.807, 2.05) is 0 Å². The highest BCUT2D eigenvalue weighted by molar-refractivity contribution is 6.10. The second kappa shape index (κ2) is 8.06. The molecule has 2 bridgehead atoms. The van der Waals surface area contributed by atoms with Gasteiger partial charge in [0.1, 0.15) is 0 Å². The van der Waals surface area contributed by atoms with Crippen LogP contribution in [0, 0.1) is 32.1 Å². The molecule has 0 radical (unpaired) electrons. The third-order valence-corrected chi connectivity index (χ3v) is 5.77. The van der Waals surface area contributed by atoms with Crippen LogP contribution in [0.5, 0.6) is 0 Å². The Labute approximate surface area is 177 Å². The van der Waals surface area contributed by atoms with Gasteiger partial charge in [-0.25, -0.2) is 0 Å². The Morgan fingerprint density at radius 3 is 1.35 bits per heavy atom. The molecular weight excluding hydrogens is 400 g/mol. The van der Waals surface area contributed by atoms with Crippen LogP contribution in [0.3, 0.4) is 0 Å². The molecule has 2 aliphatic rings. The van der Waals surface area contributed by atoms with E-state index in [0.717, 1.165) is 0 Å². The van der Waals surface area contributed by atoms with Crippen molar-refractivity contribution in [1.29, 1.82) is 0 Å². The molecular formula is C23H18N2O6. The van der Waals surface area contributed by atoms with Gasteiger partial charge in [0.15, 0.2) is 11.6 Å². The van der Waals surface area contributed by atoms with E-state index in [-0.39, 0.29) is 34.8 Å². The number of benzene rings is 2. The third kappa shape index (κ3) is 4.18. The number of hydrogen-bond acceptors (Lipinski definition) is 6. The van der Waals surface area contributed by atoms with Gasteiger partial charge >= 0.3 is 0 Å². The fourth-order valence-corrected chi connectivity index (χ4v) is 4.21. The standard InChI is InChI=1S/C23H18N2O6/c26-22-16(9-14-1-5-20(6-2-14)24(28)29)11-18-13-19(22)12-17(23(18)27)10-15-3-7-21(8-4-15)25(30)31/h1-10,18-19H,11-13H2/b16-9-,17-10+/t18-,19+/m0/s1. The Morgan fingerprint density at radius 2 is 1.03 bits per heavy atom. The first-order chi connectivity index (χ1) is 14.8. The van der Waals surface area contributed by atoms with Crippen LogP contribution in [0.15, 0.2) is 59.7 Å². The molecule has 2 aromatic carbocycles. The monoisotopic (exact) mass is 418 g/mol. The van der Waals surface area contributed by atoms with Crippen LogP contribution in [0.4, 0.5) is 11.4 Å². The summed E-state index contributed by atoms with van der Waals surface area (Å²) in [6, 6.07) is 11.9. The van der Waals surface area contributed by atoms with Gasteiger partial charge in [0.2, 0.25) is 0 Å². The Hall–Kier alpha value is -3.94. The molecule has 0 aromatic heterocycles. The molecule has 2 aliphatic carbocycles. The normalized spacial score (nSPS) is 23.2. The zero-order valence-corrected chi connectivity index (χ0v) is 16.4. The van der Waals surface area contributed by atoms with Gasteiger partial charge in [-0.1, -0.05) is 0 Å². The minimum Gasteiger partial charge on any atom is -0.294 e. The first-order valence-corrected chi connectivity index (χ1v) is 9.80. The van der Waals surface area contributed by atoms with Gasteiger partial charge in [-0.05, 0) is 78.0 Å². The number of allylic oxidation sites excluding steroid dienone is 2. The van der Waals surface area contributed by atoms with E-state index in [0.29, 0.717) is 41.5 Å². The van der Waals surface area contributed by atoms with Gasteiger partial charge in [0, 0.05) is 36.1 Å². The number of nitro benzene ring substituents is 2. The summed E-state index contributed by atoms with van der Waals surface area (Å²) in [4.78, 5) is 46.5. The second-order valence-corrected chi connectivity index (χ2v) is 7.80. The average Bonchev–Trinajstić information content (AvgIpc) is 2.75. The van der Waals surface area contributed by atoms with Crippen molar-refractivity contribution in [2.75, 3.05) is 0 Å². The lowest BCUT2D eigenvalue weighted by molar-refractivity contribution is -0.385. The number of nitrogens with zero attached hydrogens (tertiary/aromatic N) is 2. The van der Waals surface area contributed by atoms with Crippen molar-refractivity contribution in [2.24, 2.45) is 11.8 Å². The number of carbonyl (C=O) groups excluding carboxylic acids is 2. The highest BCUT2D eigenvalue weighted by Gasteiger charge is 2.41. The average molecular weight is 418 g/mol. The van der Waals surface area contributed by atoms with E-state index < -0.39 is 9.85 Å². The van der Waals surface area contributed by atoms with Gasteiger partial charge in [0.25, 0.3) is 11.4 Å². The molecule has 0 spiro atoms. The number of rotatable bonds is 4. The number of non-ortho nitro benzene ring substituents is 2. The van der Waals surface area contributed by atoms with Crippen LogP contribution in [0.1, 0.15) is 30.4 Å². The third-order valence-electron chi connectivity index (χ3n) is 5.77. The summed E-state index contributed by atoms with van der Waals surface area (Å²) in [6.45, 7) is 0. The van der Waals surface area contributed by atoms with Crippen LogP contribution in [0.2, 0.25) is 0 Å². The zero-order chi connectivity index (χ0) is 22.1. The molecule has 2 aromatic rings. The van der Waals surface area contributed by atoms with Crippen molar-refractivity contribution in [1.82, 2.24) is 0 Å². The molecule has 156 valence electrons. The van der Waals surface area contributed by atoms with Crippen LogP contribution in [0.25, 0.3) is 12.2 Å². The summed E-state index contributed by atoms with van der Waals surface area (Å²) < 4.78 is 0. The van der Waals surface area contributed by atoms with E-state index in [2.05, 4.69) is 0 Å². The maximum absolute atomic E-state index is 12.9. The largest absolute Gasteiger partial charge is 0.294 e. The molecule has 8 nitrogen and oxygen atoms in total. The minimum atomic E-state index is -0.482. The minimum absolute atomic E-state index is 0.00305. The van der Waals surface area contributed by atoms with E-state index >= 15 is 0 Å². The summed E-state index contributed by atoms with van der Waals surface area (Å²) in [5, 5.41) is 21.6. The Bertz CT molecular complexity index is 1050. The lowest BCUT2D eigenvalue weighted by Gasteiger charge is -2.35. The summed E-state index contributed by atoms with van der Waals surface area (Å²) in [6.07, 6.45) is 4.62. The predicted molar refractivity (Wildman–Crippen MR) is 113 cm³/mol. The van der Waals surface area contributed by atoms with Gasteiger partial charge < -0.3 is 0 Å². The molecule has 0 saturated heterocycles. The maximum Gasteiger partial charge on any atom is 0.269 e. The van der Waals surface area contributed by atoms with Crippen molar-refractivity contribution in [3.8, 4) is 0 Å². The van der Waals surface area contributed by atoms with Crippen molar-refractivity contribution in [3.05, 3.63) is 91.0 Å². The fourth-order valence-electron chi connectivity index (χ4n) is 4.21. The number of hydrogen-bond donors (Lipinski definition) is 0. The van der Waals surface area contributed by atoms with Crippen molar-refractivity contribution >= 4 is 35.1 Å². The quantitative estimate of drug-likeness (QED) is 0.408. The van der Waals surface area contributed by atoms with Crippen LogP contribution >= 0.6 is 0 Å². The number of Topliss-reactive ketones (excluding diaryl/α,β-unsaturated/α-hetero) is 2. The molecule has 0 heterocycles. The van der Waals surface area contributed by atoms with Gasteiger partial charge in [-0.3, -0.25) is 29.8 Å². The first-order valence-electron chi connectivity index (χ1n) is 9.80. The van der Waals surface area contributed by atoms with Gasteiger partial charge in [-0.15, -0.1) is 0 Å². The second-order valence-electron chi connectivity index (χ2n) is 7.80. The summed E-state index contributed by atoms with van der Waals surface area (Å²) in [7, 11) is 0. The molecule has 0 aliphatic heterocycles. The smallest absolute Gasteiger partial charge is 0.269 e. The van der Waals surface area contributed by atoms with Crippen LogP contribution in [-0.4, -0.2) is 21.4 Å². The summed E-state index contributed by atoms with van der Waals surface area (Å²) in [5.41, 5.74) is 2.46. The topological polar surface area (TPSA) is 120 Å². The molecule has 4 rings (SSSR count). The summed E-state index contributed by atoms with van der Waals surface area (Å²) in [5.74, 6) is -0.580. The van der Waals surface area contributed by atoms with Crippen molar-refractivity contribution in [2.45, 2.75) is 19.3 Å². The van der Waals surface area contributed by atoms with Crippen LogP contribution < -0.4 is 0 Å². The number of carbonyl (C=O) groups is 2. The maximum atomic E-state index is 12.9. The Balaban J connectivity index is 1.55. The number of ketones is 2. The molecule has 2 fully saturated rings. The lowest BCUT2D eigenvalue weighted by atomic mass is 9.66. The highest BCUT2D eigenvalue weighted by Crippen LogP contribution is 2.41. The van der Waals surface area contributed by atoms with E-state index in [1.165, 1.54) is 24.3 Å². The fraction of sp³-hybridized carbons (Fsp3) is 0.217. The molecule has 0 N–H and O–H groups in total. The van der Waals surface area contributed by atoms with Crippen molar-refractivity contribution in [3.63, 3.8) is 0 Å². The van der Waals surface area contributed by atoms with Gasteiger partial charge in [0.05, 0.1) is 9.85 Å². The number of fused-ring (bicyclic) bond motifs is 2. The molecule has 0 amide bonds. The van der Waals surface area contributed by atoms with E-state index in [4.69, 9.17) is 0 Å². The van der Waals surface area contributed by atoms with E-state index in [1.54, 1.807) is 36.4 Å². The molecule has 2 atom stereocenters. The lowest BCUT2D eigenvalue weighted by Crippen LogP contribution is -2.37. The first kappa shape index (κ1) is 20.3. The number of nitro groups is 2. The zero-order valence-electron chi connectivity index (χ0n) is 16.4. The SMILES string of the molecule is O=C1/C(=C\c2ccc([N+](=O)[O-])cc2)C[C@H]2C[C@H]1C/C(=C\c1ccc([N+](=O)[O-])cc1)C2=O. The molecule has 0 unspecified atom stereocenters. The molecule has 2 saturated carbocycles.